The van der Waals surface area contributed by atoms with Gasteiger partial charge in [0.25, 0.3) is 5.91 Å². The molecule has 10 heteroatoms. The number of rotatable bonds is 7. The van der Waals surface area contributed by atoms with E-state index in [0.717, 1.165) is 18.7 Å². The molecule has 0 radical (unpaired) electrons. The standard InChI is InChI=1S/C26H25FN8O/c27-20-10-16(9-18(11-20)19(12-28)14-30-21-5-7-29-8-6-21)13-31-26(36)23-22-25(33-15-32-23)35-24(34-22)17-3-1-2-4-17/h5-12,14-15,17H,1-4,13,28H2,(H,31,36)(H,32,33,34,35). The largest absolute Gasteiger partial charge is 0.404 e. The predicted octanol–water partition coefficient (Wildman–Crippen LogP) is 4.18. The number of imidazole rings is 1. The maximum Gasteiger partial charge on any atom is 0.272 e. The third kappa shape index (κ3) is 5.12. The van der Waals surface area contributed by atoms with Gasteiger partial charge in [0.15, 0.2) is 11.3 Å². The maximum atomic E-state index is 14.4. The van der Waals surface area contributed by atoms with Crippen LogP contribution in [0.1, 0.15) is 59.0 Å². The van der Waals surface area contributed by atoms with Gasteiger partial charge in [-0.2, -0.15) is 0 Å². The minimum atomic E-state index is -0.451. The highest BCUT2D eigenvalue weighted by molar-refractivity contribution is 6.10. The normalized spacial score (nSPS) is 14.6. The second-order valence-electron chi connectivity index (χ2n) is 8.64. The number of halogens is 1. The number of nitrogens with one attached hydrogen (secondary N) is 2. The van der Waals surface area contributed by atoms with Crippen LogP contribution in [0.3, 0.4) is 0 Å². The van der Waals surface area contributed by atoms with Crippen LogP contribution in [0, 0.1) is 5.82 Å². The Hall–Kier alpha value is -4.47. The average Bonchev–Trinajstić information content (AvgIpc) is 3.58. The summed E-state index contributed by atoms with van der Waals surface area (Å²) < 4.78 is 14.4. The number of aromatic amines is 1. The molecule has 1 amide bonds. The molecule has 0 atom stereocenters. The Balaban J connectivity index is 1.32. The Morgan fingerprint density at radius 3 is 2.78 bits per heavy atom. The average molecular weight is 485 g/mol. The van der Waals surface area contributed by atoms with Gasteiger partial charge in [-0.05, 0) is 54.3 Å². The minimum Gasteiger partial charge on any atom is -0.404 e. The van der Waals surface area contributed by atoms with Crippen molar-refractivity contribution in [3.8, 4) is 0 Å². The molecular weight excluding hydrogens is 459 g/mol. The van der Waals surface area contributed by atoms with Crippen molar-refractivity contribution < 1.29 is 9.18 Å². The van der Waals surface area contributed by atoms with Gasteiger partial charge >= 0.3 is 0 Å². The SMILES string of the molecule is NC=C(C=Nc1ccncc1)c1cc(F)cc(CNC(=O)c2ncnc3nc(C4CCCC4)[nH]c23)c1. The van der Waals surface area contributed by atoms with E-state index in [9.17, 15) is 9.18 Å². The van der Waals surface area contributed by atoms with E-state index in [1.54, 1.807) is 36.8 Å². The fourth-order valence-corrected chi connectivity index (χ4v) is 4.38. The molecule has 36 heavy (non-hydrogen) atoms. The number of hydrogen-bond acceptors (Lipinski definition) is 7. The quantitative estimate of drug-likeness (QED) is 0.337. The Labute approximate surface area is 206 Å². The lowest BCUT2D eigenvalue weighted by molar-refractivity contribution is 0.0947. The topological polar surface area (TPSA) is 135 Å². The van der Waals surface area contributed by atoms with Crippen LogP contribution >= 0.6 is 0 Å². The number of benzene rings is 1. The maximum absolute atomic E-state index is 14.4. The van der Waals surface area contributed by atoms with Crippen LogP contribution in [0.2, 0.25) is 0 Å². The minimum absolute atomic E-state index is 0.0953. The summed E-state index contributed by atoms with van der Waals surface area (Å²) >= 11 is 0. The van der Waals surface area contributed by atoms with Crippen LogP contribution in [0.15, 0.2) is 60.2 Å². The van der Waals surface area contributed by atoms with E-state index < -0.39 is 11.7 Å². The molecule has 9 nitrogen and oxygen atoms in total. The van der Waals surface area contributed by atoms with Crippen LogP contribution in [0.25, 0.3) is 16.7 Å². The zero-order valence-corrected chi connectivity index (χ0v) is 19.5. The Bertz CT molecular complexity index is 1440. The van der Waals surface area contributed by atoms with Crippen molar-refractivity contribution in [3.63, 3.8) is 0 Å². The fraction of sp³-hybridized carbons (Fsp3) is 0.231. The number of carbonyl (C=O) groups is 1. The van der Waals surface area contributed by atoms with E-state index in [0.29, 0.717) is 39.5 Å². The molecule has 1 aromatic carbocycles. The van der Waals surface area contributed by atoms with Crippen molar-refractivity contribution in [1.29, 1.82) is 0 Å². The number of carbonyl (C=O) groups excluding carboxylic acids is 1. The molecule has 1 fully saturated rings. The molecule has 4 aromatic rings. The number of hydrogen-bond donors (Lipinski definition) is 3. The first-order valence-corrected chi connectivity index (χ1v) is 11.8. The number of aromatic nitrogens is 5. The van der Waals surface area contributed by atoms with Gasteiger partial charge < -0.3 is 16.0 Å². The van der Waals surface area contributed by atoms with Crippen molar-refractivity contribution in [2.24, 2.45) is 10.7 Å². The summed E-state index contributed by atoms with van der Waals surface area (Å²) in [4.78, 5) is 37.5. The molecule has 0 unspecified atom stereocenters. The lowest BCUT2D eigenvalue weighted by Gasteiger charge is -2.09. The second kappa shape index (κ2) is 10.4. The first-order valence-electron chi connectivity index (χ1n) is 11.8. The van der Waals surface area contributed by atoms with Crippen LogP contribution in [0.5, 0.6) is 0 Å². The fourth-order valence-electron chi connectivity index (χ4n) is 4.38. The lowest BCUT2D eigenvalue weighted by Crippen LogP contribution is -2.24. The molecule has 3 heterocycles. The van der Waals surface area contributed by atoms with Gasteiger partial charge in [-0.3, -0.25) is 14.8 Å². The predicted molar refractivity (Wildman–Crippen MR) is 135 cm³/mol. The Morgan fingerprint density at radius 1 is 1.19 bits per heavy atom. The smallest absolute Gasteiger partial charge is 0.272 e. The molecule has 3 aromatic heterocycles. The zero-order chi connectivity index (χ0) is 24.9. The monoisotopic (exact) mass is 484 g/mol. The number of nitrogens with zero attached hydrogens (tertiary/aromatic N) is 5. The number of nitrogens with two attached hydrogens (primary N) is 1. The molecular formula is C26H25FN8O. The van der Waals surface area contributed by atoms with Crippen molar-refractivity contribution in [2.45, 2.75) is 38.1 Å². The highest BCUT2D eigenvalue weighted by Crippen LogP contribution is 2.33. The van der Waals surface area contributed by atoms with Crippen LogP contribution in [-0.4, -0.2) is 37.0 Å². The number of fused-ring (bicyclic) bond motifs is 1. The van der Waals surface area contributed by atoms with Crippen molar-refractivity contribution >= 4 is 34.5 Å². The molecule has 1 aliphatic rings. The molecule has 1 saturated carbocycles. The number of aliphatic imine (C=N–C) groups is 1. The number of allylic oxidation sites excluding steroid dienone is 1. The van der Waals surface area contributed by atoms with E-state index in [1.807, 2.05) is 0 Å². The Kier molecular flexibility index (Phi) is 6.74. The molecule has 4 N–H and O–H groups in total. The molecule has 182 valence electrons. The first-order chi connectivity index (χ1) is 17.6. The van der Waals surface area contributed by atoms with Crippen molar-refractivity contribution in [1.82, 2.24) is 30.2 Å². The summed E-state index contributed by atoms with van der Waals surface area (Å²) in [7, 11) is 0. The Morgan fingerprint density at radius 2 is 2.00 bits per heavy atom. The van der Waals surface area contributed by atoms with Gasteiger partial charge in [0.1, 0.15) is 23.5 Å². The molecule has 0 aliphatic heterocycles. The van der Waals surface area contributed by atoms with Gasteiger partial charge in [-0.15, -0.1) is 0 Å². The van der Waals surface area contributed by atoms with Gasteiger partial charge in [-0.1, -0.05) is 12.8 Å². The molecule has 1 aliphatic carbocycles. The van der Waals surface area contributed by atoms with E-state index >= 15 is 0 Å². The number of H-pyrrole nitrogens is 1. The third-order valence-electron chi connectivity index (χ3n) is 6.20. The highest BCUT2D eigenvalue weighted by Gasteiger charge is 2.23. The van der Waals surface area contributed by atoms with Gasteiger partial charge in [-0.25, -0.2) is 19.3 Å². The molecule has 5 rings (SSSR count). The highest BCUT2D eigenvalue weighted by atomic mass is 19.1. The van der Waals surface area contributed by atoms with Crippen molar-refractivity contribution in [3.05, 3.63) is 83.7 Å². The van der Waals surface area contributed by atoms with Crippen LogP contribution in [0.4, 0.5) is 10.1 Å². The molecule has 0 bridgehead atoms. The first kappa shape index (κ1) is 23.3. The molecule has 0 spiro atoms. The summed E-state index contributed by atoms with van der Waals surface area (Å²) in [6.07, 6.45) is 12.0. The third-order valence-corrected chi connectivity index (χ3v) is 6.20. The van der Waals surface area contributed by atoms with Gasteiger partial charge in [0, 0.05) is 42.8 Å². The lowest BCUT2D eigenvalue weighted by atomic mass is 10.0. The van der Waals surface area contributed by atoms with Gasteiger partial charge in [0.2, 0.25) is 0 Å². The van der Waals surface area contributed by atoms with E-state index in [1.165, 1.54) is 37.5 Å². The summed E-state index contributed by atoms with van der Waals surface area (Å²) in [6.45, 7) is 0.0953. The van der Waals surface area contributed by atoms with E-state index in [2.05, 4.69) is 35.2 Å². The summed E-state index contributed by atoms with van der Waals surface area (Å²) in [5, 5.41) is 2.82. The summed E-state index contributed by atoms with van der Waals surface area (Å²) in [6, 6.07) is 7.98. The van der Waals surface area contributed by atoms with Crippen LogP contribution in [-0.2, 0) is 6.54 Å². The van der Waals surface area contributed by atoms with E-state index in [4.69, 9.17) is 5.73 Å². The van der Waals surface area contributed by atoms with Crippen molar-refractivity contribution in [2.75, 3.05) is 0 Å². The molecule has 0 saturated heterocycles. The number of amides is 1. The van der Waals surface area contributed by atoms with Gasteiger partial charge in [0.05, 0.1) is 5.69 Å². The second-order valence-corrected chi connectivity index (χ2v) is 8.64. The summed E-state index contributed by atoms with van der Waals surface area (Å²) in [5.41, 5.74) is 9.31. The van der Waals surface area contributed by atoms with Crippen LogP contribution < -0.4 is 11.1 Å². The zero-order valence-electron chi connectivity index (χ0n) is 19.5. The summed E-state index contributed by atoms with van der Waals surface area (Å²) in [5.74, 6) is 0.352. The van der Waals surface area contributed by atoms with E-state index in [-0.39, 0.29) is 12.2 Å². The number of pyridine rings is 1.